The van der Waals surface area contributed by atoms with Crippen molar-refractivity contribution >= 4 is 0 Å². The fraction of sp³-hybridized carbons (Fsp3) is 0.600. The largest absolute Gasteiger partial charge is 0.371 e. The van der Waals surface area contributed by atoms with Crippen LogP contribution in [0.2, 0.25) is 0 Å². The quantitative estimate of drug-likeness (QED) is 0.848. The van der Waals surface area contributed by atoms with E-state index in [0.29, 0.717) is 5.41 Å². The van der Waals surface area contributed by atoms with Gasteiger partial charge in [-0.2, -0.15) is 0 Å². The van der Waals surface area contributed by atoms with E-state index in [0.717, 1.165) is 26.1 Å². The molecule has 1 aliphatic heterocycles. The SMILES string of the molecule is CC(C)(C)Cc1ccc(C2CNCCO2)cc1. The van der Waals surface area contributed by atoms with E-state index in [1.165, 1.54) is 11.1 Å². The molecule has 0 amide bonds. The van der Waals surface area contributed by atoms with Crippen molar-refractivity contribution in [2.45, 2.75) is 33.3 Å². The molecule has 1 atom stereocenters. The minimum Gasteiger partial charge on any atom is -0.371 e. The molecular weight excluding hydrogens is 210 g/mol. The van der Waals surface area contributed by atoms with Crippen LogP contribution < -0.4 is 5.32 Å². The number of rotatable bonds is 2. The van der Waals surface area contributed by atoms with Gasteiger partial charge in [0.05, 0.1) is 12.7 Å². The minimum absolute atomic E-state index is 0.229. The number of benzene rings is 1. The zero-order chi connectivity index (χ0) is 12.3. The molecule has 94 valence electrons. The summed E-state index contributed by atoms with van der Waals surface area (Å²) < 4.78 is 5.74. The van der Waals surface area contributed by atoms with Gasteiger partial charge in [-0.05, 0) is 23.0 Å². The predicted molar refractivity (Wildman–Crippen MR) is 71.2 cm³/mol. The van der Waals surface area contributed by atoms with Crippen molar-refractivity contribution < 1.29 is 4.74 Å². The molecule has 0 saturated carbocycles. The van der Waals surface area contributed by atoms with Crippen molar-refractivity contribution in [2.75, 3.05) is 19.7 Å². The highest BCUT2D eigenvalue weighted by Crippen LogP contribution is 2.23. The third-order valence-corrected chi connectivity index (χ3v) is 3.01. The zero-order valence-electron chi connectivity index (χ0n) is 11.1. The van der Waals surface area contributed by atoms with E-state index >= 15 is 0 Å². The molecule has 1 unspecified atom stereocenters. The van der Waals surface area contributed by atoms with Gasteiger partial charge in [0, 0.05) is 13.1 Å². The lowest BCUT2D eigenvalue weighted by atomic mass is 9.88. The summed E-state index contributed by atoms with van der Waals surface area (Å²) in [5, 5.41) is 3.36. The molecule has 0 aromatic heterocycles. The van der Waals surface area contributed by atoms with Crippen molar-refractivity contribution in [2.24, 2.45) is 5.41 Å². The maximum absolute atomic E-state index is 5.74. The molecule has 1 aromatic carbocycles. The molecule has 1 fully saturated rings. The lowest BCUT2D eigenvalue weighted by molar-refractivity contribution is 0.0277. The van der Waals surface area contributed by atoms with Gasteiger partial charge in [-0.1, -0.05) is 45.0 Å². The maximum Gasteiger partial charge on any atom is 0.0949 e. The summed E-state index contributed by atoms with van der Waals surface area (Å²) in [5.41, 5.74) is 3.05. The van der Waals surface area contributed by atoms with Gasteiger partial charge in [0.15, 0.2) is 0 Å². The van der Waals surface area contributed by atoms with Crippen LogP contribution in [0.1, 0.15) is 38.0 Å². The van der Waals surface area contributed by atoms with Gasteiger partial charge in [0.25, 0.3) is 0 Å². The van der Waals surface area contributed by atoms with E-state index < -0.39 is 0 Å². The molecule has 1 heterocycles. The fourth-order valence-corrected chi connectivity index (χ4v) is 2.24. The Hall–Kier alpha value is -0.860. The highest BCUT2D eigenvalue weighted by Gasteiger charge is 2.16. The summed E-state index contributed by atoms with van der Waals surface area (Å²) in [6.07, 6.45) is 1.35. The van der Waals surface area contributed by atoms with E-state index in [4.69, 9.17) is 4.74 Å². The average molecular weight is 233 g/mol. The van der Waals surface area contributed by atoms with Gasteiger partial charge in [-0.25, -0.2) is 0 Å². The Morgan fingerprint density at radius 1 is 1.24 bits per heavy atom. The lowest BCUT2D eigenvalue weighted by Crippen LogP contribution is -2.33. The van der Waals surface area contributed by atoms with Crippen LogP contribution in [0.25, 0.3) is 0 Å². The zero-order valence-corrected chi connectivity index (χ0v) is 11.1. The van der Waals surface area contributed by atoms with E-state index in [9.17, 15) is 0 Å². The first-order valence-corrected chi connectivity index (χ1v) is 6.46. The predicted octanol–water partition coefficient (Wildman–Crippen LogP) is 2.94. The van der Waals surface area contributed by atoms with Gasteiger partial charge in [0.1, 0.15) is 0 Å². The van der Waals surface area contributed by atoms with E-state index in [-0.39, 0.29) is 6.10 Å². The standard InChI is InChI=1S/C15H23NO/c1-15(2,3)10-12-4-6-13(7-5-12)14-11-16-8-9-17-14/h4-7,14,16H,8-11H2,1-3H3. The van der Waals surface area contributed by atoms with Crippen molar-refractivity contribution in [3.05, 3.63) is 35.4 Å². The van der Waals surface area contributed by atoms with Gasteiger partial charge < -0.3 is 10.1 Å². The molecule has 0 bridgehead atoms. The molecule has 0 radical (unpaired) electrons. The third-order valence-electron chi connectivity index (χ3n) is 3.01. The fourth-order valence-electron chi connectivity index (χ4n) is 2.24. The summed E-state index contributed by atoms with van der Waals surface area (Å²) in [5.74, 6) is 0. The summed E-state index contributed by atoms with van der Waals surface area (Å²) in [6.45, 7) is 9.53. The summed E-state index contributed by atoms with van der Waals surface area (Å²) >= 11 is 0. The Balaban J connectivity index is 2.02. The Morgan fingerprint density at radius 3 is 2.47 bits per heavy atom. The van der Waals surface area contributed by atoms with Crippen molar-refractivity contribution in [1.82, 2.24) is 5.32 Å². The first-order chi connectivity index (χ1) is 8.04. The summed E-state index contributed by atoms with van der Waals surface area (Å²) in [7, 11) is 0. The number of morpholine rings is 1. The van der Waals surface area contributed by atoms with E-state index in [1.54, 1.807) is 0 Å². The van der Waals surface area contributed by atoms with Crippen molar-refractivity contribution in [3.8, 4) is 0 Å². The van der Waals surface area contributed by atoms with Crippen LogP contribution in [0.5, 0.6) is 0 Å². The number of hydrogen-bond donors (Lipinski definition) is 1. The van der Waals surface area contributed by atoms with Crippen molar-refractivity contribution in [1.29, 1.82) is 0 Å². The summed E-state index contributed by atoms with van der Waals surface area (Å²) in [4.78, 5) is 0. The van der Waals surface area contributed by atoms with Crippen LogP contribution >= 0.6 is 0 Å². The van der Waals surface area contributed by atoms with Gasteiger partial charge in [0.2, 0.25) is 0 Å². The Kier molecular flexibility index (Phi) is 3.85. The Morgan fingerprint density at radius 2 is 1.94 bits per heavy atom. The van der Waals surface area contributed by atoms with Gasteiger partial charge >= 0.3 is 0 Å². The van der Waals surface area contributed by atoms with Crippen molar-refractivity contribution in [3.63, 3.8) is 0 Å². The molecule has 2 heteroatoms. The second-order valence-corrected chi connectivity index (χ2v) is 6.04. The summed E-state index contributed by atoms with van der Waals surface area (Å²) in [6, 6.07) is 8.88. The molecule has 0 aliphatic carbocycles. The molecule has 0 spiro atoms. The Bertz CT molecular complexity index is 344. The molecule has 17 heavy (non-hydrogen) atoms. The molecule has 2 rings (SSSR count). The number of nitrogens with one attached hydrogen (secondary N) is 1. The smallest absolute Gasteiger partial charge is 0.0949 e. The number of hydrogen-bond acceptors (Lipinski definition) is 2. The number of ether oxygens (including phenoxy) is 1. The second-order valence-electron chi connectivity index (χ2n) is 6.04. The van der Waals surface area contributed by atoms with Gasteiger partial charge in [-0.15, -0.1) is 0 Å². The normalized spacial score (nSPS) is 21.5. The van der Waals surface area contributed by atoms with Crippen LogP contribution in [0.3, 0.4) is 0 Å². The lowest BCUT2D eigenvalue weighted by Gasteiger charge is -2.24. The topological polar surface area (TPSA) is 21.3 Å². The molecular formula is C15H23NO. The monoisotopic (exact) mass is 233 g/mol. The van der Waals surface area contributed by atoms with E-state index in [1.807, 2.05) is 0 Å². The van der Waals surface area contributed by atoms with E-state index in [2.05, 4.69) is 50.4 Å². The van der Waals surface area contributed by atoms with Crippen LogP contribution in [-0.2, 0) is 11.2 Å². The second kappa shape index (κ2) is 5.19. The Labute approximate surface area is 104 Å². The first kappa shape index (κ1) is 12.6. The average Bonchev–Trinajstić information content (AvgIpc) is 2.29. The maximum atomic E-state index is 5.74. The first-order valence-electron chi connectivity index (χ1n) is 6.46. The van der Waals surface area contributed by atoms with Crippen LogP contribution in [0, 0.1) is 5.41 Å². The highest BCUT2D eigenvalue weighted by molar-refractivity contribution is 5.25. The molecule has 1 saturated heterocycles. The van der Waals surface area contributed by atoms with Crippen LogP contribution in [0.4, 0.5) is 0 Å². The molecule has 1 aliphatic rings. The molecule has 1 aromatic rings. The third kappa shape index (κ3) is 3.83. The molecule has 2 nitrogen and oxygen atoms in total. The van der Waals surface area contributed by atoms with Crippen LogP contribution in [0.15, 0.2) is 24.3 Å². The molecule has 1 N–H and O–H groups in total. The van der Waals surface area contributed by atoms with Crippen LogP contribution in [-0.4, -0.2) is 19.7 Å². The minimum atomic E-state index is 0.229. The van der Waals surface area contributed by atoms with Gasteiger partial charge in [-0.3, -0.25) is 0 Å². The highest BCUT2D eigenvalue weighted by atomic mass is 16.5.